The summed E-state index contributed by atoms with van der Waals surface area (Å²) in [6.07, 6.45) is 5.87. The van der Waals surface area contributed by atoms with Crippen molar-refractivity contribution >= 4 is 35.1 Å². The molecule has 3 aromatic rings. The van der Waals surface area contributed by atoms with E-state index in [0.29, 0.717) is 11.3 Å². The van der Waals surface area contributed by atoms with Gasteiger partial charge in [0.15, 0.2) is 5.78 Å². The number of ketones is 1. The fraction of sp³-hybridized carbons (Fsp3) is 0.281. The van der Waals surface area contributed by atoms with Gasteiger partial charge in [-0.25, -0.2) is 4.79 Å². The van der Waals surface area contributed by atoms with Gasteiger partial charge in [0.2, 0.25) is 5.91 Å². The predicted octanol–water partition coefficient (Wildman–Crippen LogP) is 5.18. The standard InChI is InChI=1S/C32H30N2O4/c1-3-9-20-14-16-22(17-15-20)29(35)27-28(30(36)38-4-2)34-25-13-8-5-10-21(25)18-19-26(34)32(27)23-11-6-7-12-24(23)33-31(32)37/h5-8,10-19,26-28H,3-4,9H2,1-2H3,(H,33,37)/t26-,27-,28+,32+/m0/s1. The van der Waals surface area contributed by atoms with Crippen molar-refractivity contribution in [1.82, 2.24) is 0 Å². The zero-order valence-electron chi connectivity index (χ0n) is 21.5. The first-order chi connectivity index (χ1) is 18.5. The monoisotopic (exact) mass is 506 g/mol. The molecule has 0 saturated carbocycles. The highest BCUT2D eigenvalue weighted by Gasteiger charge is 2.70. The molecule has 192 valence electrons. The number of para-hydroxylation sites is 2. The van der Waals surface area contributed by atoms with Crippen molar-refractivity contribution in [3.8, 4) is 0 Å². The van der Waals surface area contributed by atoms with Gasteiger partial charge >= 0.3 is 5.97 Å². The Morgan fingerprint density at radius 1 is 0.974 bits per heavy atom. The maximum absolute atomic E-state index is 14.6. The van der Waals surface area contributed by atoms with Crippen LogP contribution in [0.4, 0.5) is 11.4 Å². The van der Waals surface area contributed by atoms with Gasteiger partial charge < -0.3 is 15.0 Å². The van der Waals surface area contributed by atoms with E-state index in [1.807, 2.05) is 89.8 Å². The molecule has 0 radical (unpaired) electrons. The molecule has 1 saturated heterocycles. The zero-order valence-corrected chi connectivity index (χ0v) is 21.5. The van der Waals surface area contributed by atoms with E-state index in [0.717, 1.165) is 35.2 Å². The molecule has 4 atom stereocenters. The average Bonchev–Trinajstić information content (AvgIpc) is 3.42. The van der Waals surface area contributed by atoms with Gasteiger partial charge in [-0.1, -0.05) is 86.2 Å². The van der Waals surface area contributed by atoms with E-state index in [4.69, 9.17) is 4.74 Å². The molecule has 1 amide bonds. The largest absolute Gasteiger partial charge is 0.464 e. The number of nitrogens with one attached hydrogen (secondary N) is 1. The van der Waals surface area contributed by atoms with Gasteiger partial charge in [-0.15, -0.1) is 0 Å². The molecule has 6 rings (SSSR count). The molecule has 1 spiro atoms. The molecule has 0 aliphatic carbocycles. The summed E-state index contributed by atoms with van der Waals surface area (Å²) in [6, 6.07) is 21.3. The molecule has 0 bridgehead atoms. The van der Waals surface area contributed by atoms with E-state index in [1.54, 1.807) is 6.92 Å². The molecule has 1 fully saturated rings. The SMILES string of the molecule is CCCc1ccc(C(=O)[C@@H]2[C@H](C(=O)OCC)N3c4ccccc4C=C[C@H]3[C@@]23C(=O)Nc2ccccc23)cc1. The van der Waals surface area contributed by atoms with Crippen LogP contribution in [0.3, 0.4) is 0 Å². The Morgan fingerprint density at radius 3 is 2.47 bits per heavy atom. The number of Topliss-reactive ketones (excluding diaryl/α,β-unsaturated/α-hetero) is 1. The third-order valence-corrected chi connectivity index (χ3v) is 8.13. The molecule has 3 aliphatic rings. The number of anilines is 2. The highest BCUT2D eigenvalue weighted by molar-refractivity contribution is 6.16. The third-order valence-electron chi connectivity index (χ3n) is 8.13. The van der Waals surface area contributed by atoms with E-state index >= 15 is 0 Å². The van der Waals surface area contributed by atoms with Gasteiger partial charge in [-0.2, -0.15) is 0 Å². The Hall–Kier alpha value is -4.19. The summed E-state index contributed by atoms with van der Waals surface area (Å²) >= 11 is 0. The number of fused-ring (bicyclic) bond motifs is 6. The Labute approximate surface area is 222 Å². The highest BCUT2D eigenvalue weighted by Crippen LogP contribution is 2.57. The van der Waals surface area contributed by atoms with Crippen LogP contribution in [-0.4, -0.2) is 36.4 Å². The van der Waals surface area contributed by atoms with E-state index in [2.05, 4.69) is 12.2 Å². The minimum absolute atomic E-state index is 0.174. The number of amides is 1. The number of carbonyl (C=O) groups excluding carboxylic acids is 3. The Kier molecular flexibility index (Phi) is 5.90. The second-order valence-electron chi connectivity index (χ2n) is 10.1. The van der Waals surface area contributed by atoms with E-state index in [9.17, 15) is 14.4 Å². The van der Waals surface area contributed by atoms with Crippen molar-refractivity contribution in [2.45, 2.75) is 44.2 Å². The van der Waals surface area contributed by atoms with Crippen LogP contribution >= 0.6 is 0 Å². The van der Waals surface area contributed by atoms with Gasteiger partial charge in [0.05, 0.1) is 18.6 Å². The first-order valence-electron chi connectivity index (χ1n) is 13.3. The number of benzene rings is 3. The third kappa shape index (κ3) is 3.36. The maximum Gasteiger partial charge on any atom is 0.329 e. The van der Waals surface area contributed by atoms with Gasteiger partial charge in [-0.05, 0) is 42.2 Å². The minimum Gasteiger partial charge on any atom is -0.464 e. The van der Waals surface area contributed by atoms with Gasteiger partial charge in [0.25, 0.3) is 0 Å². The summed E-state index contributed by atoms with van der Waals surface area (Å²) in [7, 11) is 0. The lowest BCUT2D eigenvalue weighted by atomic mass is 9.64. The summed E-state index contributed by atoms with van der Waals surface area (Å²) in [5.41, 5.74) is 3.46. The number of ether oxygens (including phenoxy) is 1. The van der Waals surface area contributed by atoms with Crippen LogP contribution < -0.4 is 10.2 Å². The van der Waals surface area contributed by atoms with Crippen LogP contribution in [0.2, 0.25) is 0 Å². The van der Waals surface area contributed by atoms with E-state index in [1.165, 1.54) is 0 Å². The fourth-order valence-corrected chi connectivity index (χ4v) is 6.62. The first-order valence-corrected chi connectivity index (χ1v) is 13.3. The summed E-state index contributed by atoms with van der Waals surface area (Å²) < 4.78 is 5.59. The Balaban J connectivity index is 1.60. The molecule has 0 unspecified atom stereocenters. The number of hydrogen-bond donors (Lipinski definition) is 1. The fourth-order valence-electron chi connectivity index (χ4n) is 6.62. The molecular weight excluding hydrogens is 476 g/mol. The maximum atomic E-state index is 14.6. The summed E-state index contributed by atoms with van der Waals surface area (Å²) in [6.45, 7) is 4.04. The molecule has 38 heavy (non-hydrogen) atoms. The lowest BCUT2D eigenvalue weighted by Gasteiger charge is -2.37. The molecular formula is C32H30N2O4. The average molecular weight is 507 g/mol. The quantitative estimate of drug-likeness (QED) is 0.369. The highest BCUT2D eigenvalue weighted by atomic mass is 16.5. The minimum atomic E-state index is -1.31. The number of esters is 1. The molecule has 1 N–H and O–H groups in total. The van der Waals surface area contributed by atoms with Crippen LogP contribution in [-0.2, 0) is 26.2 Å². The Bertz CT molecular complexity index is 1460. The van der Waals surface area contributed by atoms with Crippen molar-refractivity contribution in [2.75, 3.05) is 16.8 Å². The molecule has 3 aromatic carbocycles. The second kappa shape index (κ2) is 9.28. The number of rotatable bonds is 6. The normalized spacial score (nSPS) is 24.5. The first kappa shape index (κ1) is 24.2. The van der Waals surface area contributed by atoms with E-state index < -0.39 is 29.4 Å². The lowest BCUT2D eigenvalue weighted by molar-refractivity contribution is -0.145. The van der Waals surface area contributed by atoms with Gasteiger partial charge in [0, 0.05) is 16.9 Å². The van der Waals surface area contributed by atoms with Crippen LogP contribution in [0.5, 0.6) is 0 Å². The van der Waals surface area contributed by atoms with Crippen LogP contribution in [0.15, 0.2) is 78.9 Å². The number of hydrogen-bond acceptors (Lipinski definition) is 5. The number of nitrogens with zero attached hydrogens (tertiary/aromatic N) is 1. The van der Waals surface area contributed by atoms with E-state index in [-0.39, 0.29) is 18.3 Å². The molecule has 6 nitrogen and oxygen atoms in total. The summed E-state index contributed by atoms with van der Waals surface area (Å²) in [5, 5.41) is 3.04. The predicted molar refractivity (Wildman–Crippen MR) is 147 cm³/mol. The number of aryl methyl sites for hydroxylation is 1. The summed E-state index contributed by atoms with van der Waals surface area (Å²) in [5.74, 6) is -2.01. The van der Waals surface area contributed by atoms with Crippen molar-refractivity contribution in [1.29, 1.82) is 0 Å². The zero-order chi connectivity index (χ0) is 26.4. The summed E-state index contributed by atoms with van der Waals surface area (Å²) in [4.78, 5) is 44.5. The van der Waals surface area contributed by atoms with Crippen LogP contribution in [0, 0.1) is 5.92 Å². The molecule has 3 aliphatic heterocycles. The van der Waals surface area contributed by atoms with Crippen molar-refractivity contribution in [3.63, 3.8) is 0 Å². The second-order valence-corrected chi connectivity index (χ2v) is 10.1. The molecule has 6 heteroatoms. The smallest absolute Gasteiger partial charge is 0.329 e. The Morgan fingerprint density at radius 2 is 1.71 bits per heavy atom. The molecule has 0 aromatic heterocycles. The van der Waals surface area contributed by atoms with Crippen molar-refractivity contribution < 1.29 is 19.1 Å². The van der Waals surface area contributed by atoms with Gasteiger partial charge in [-0.3, -0.25) is 9.59 Å². The number of carbonyl (C=O) groups is 3. The van der Waals surface area contributed by atoms with Crippen molar-refractivity contribution in [3.05, 3.63) is 101 Å². The van der Waals surface area contributed by atoms with Crippen LogP contribution in [0.1, 0.15) is 47.3 Å². The molecule has 3 heterocycles. The topological polar surface area (TPSA) is 75.7 Å². The lowest BCUT2D eigenvalue weighted by Crippen LogP contribution is -2.51. The van der Waals surface area contributed by atoms with Crippen molar-refractivity contribution in [2.24, 2.45) is 5.92 Å². The van der Waals surface area contributed by atoms with Gasteiger partial charge in [0.1, 0.15) is 11.5 Å². The van der Waals surface area contributed by atoms with Crippen LogP contribution in [0.25, 0.3) is 6.08 Å².